The topological polar surface area (TPSA) is 75.7 Å². The van der Waals surface area contributed by atoms with E-state index in [1.54, 1.807) is 0 Å². The largest absolute Gasteiger partial charge is 0.381 e. The number of hydrogen-bond acceptors (Lipinski definition) is 4. The summed E-state index contributed by atoms with van der Waals surface area (Å²) < 4.78 is 30.0. The van der Waals surface area contributed by atoms with E-state index in [2.05, 4.69) is 5.32 Å². The van der Waals surface area contributed by atoms with Crippen molar-refractivity contribution in [3.63, 3.8) is 0 Å². The number of amides is 1. The molecule has 7 heteroatoms. The highest BCUT2D eigenvalue weighted by Gasteiger charge is 2.34. The summed E-state index contributed by atoms with van der Waals surface area (Å²) in [6, 6.07) is -0.536. The summed E-state index contributed by atoms with van der Waals surface area (Å²) in [6.07, 6.45) is 4.47. The summed E-state index contributed by atoms with van der Waals surface area (Å²) in [6.45, 7) is 2.45. The molecule has 1 N–H and O–H groups in total. The Labute approximate surface area is 114 Å². The fraction of sp³-hybridized carbons (Fsp3) is 0.917. The lowest BCUT2D eigenvalue weighted by Crippen LogP contribution is -2.52. The van der Waals surface area contributed by atoms with Crippen LogP contribution in [0.25, 0.3) is 0 Å². The first-order chi connectivity index (χ1) is 8.98. The highest BCUT2D eigenvalue weighted by molar-refractivity contribution is 7.88. The lowest BCUT2D eigenvalue weighted by atomic mass is 10.0. The monoisotopic (exact) mass is 290 g/mol. The van der Waals surface area contributed by atoms with Crippen LogP contribution in [0.15, 0.2) is 0 Å². The van der Waals surface area contributed by atoms with Gasteiger partial charge in [-0.05, 0) is 19.3 Å². The van der Waals surface area contributed by atoms with Crippen LogP contribution in [0.3, 0.4) is 0 Å². The first-order valence-corrected chi connectivity index (χ1v) is 8.65. The van der Waals surface area contributed by atoms with Crippen molar-refractivity contribution >= 4 is 15.9 Å². The molecular formula is C12H22N2O4S. The lowest BCUT2D eigenvalue weighted by Gasteiger charge is -2.32. The second-order valence-corrected chi connectivity index (χ2v) is 7.30. The van der Waals surface area contributed by atoms with Gasteiger partial charge in [-0.3, -0.25) is 4.79 Å². The van der Waals surface area contributed by atoms with Crippen molar-refractivity contribution < 1.29 is 17.9 Å². The van der Waals surface area contributed by atoms with Crippen molar-refractivity contribution in [2.24, 2.45) is 5.92 Å². The normalized spacial score (nSPS) is 29.3. The molecule has 2 rings (SSSR count). The highest BCUT2D eigenvalue weighted by atomic mass is 32.2. The standard InChI is InChI=1S/C12H22N2O4S/c1-19(16,17)14-6-3-2-4-11(14)12(15)13-8-10-5-7-18-9-10/h10-11H,2-9H2,1H3,(H,13,15)/t10-,11-/m1/s1. The Morgan fingerprint density at radius 3 is 2.79 bits per heavy atom. The van der Waals surface area contributed by atoms with Gasteiger partial charge in [-0.1, -0.05) is 6.42 Å². The molecule has 0 aromatic carbocycles. The van der Waals surface area contributed by atoms with Crippen LogP contribution in [0.4, 0.5) is 0 Å². The maximum atomic E-state index is 12.2. The van der Waals surface area contributed by atoms with E-state index in [-0.39, 0.29) is 5.91 Å². The fourth-order valence-electron chi connectivity index (χ4n) is 2.67. The quantitative estimate of drug-likeness (QED) is 0.788. The van der Waals surface area contributed by atoms with Crippen LogP contribution in [-0.4, -0.2) is 57.2 Å². The third-order valence-corrected chi connectivity index (χ3v) is 5.06. The van der Waals surface area contributed by atoms with Crippen molar-refractivity contribution in [3.8, 4) is 0 Å². The minimum absolute atomic E-state index is 0.169. The van der Waals surface area contributed by atoms with Gasteiger partial charge < -0.3 is 10.1 Å². The molecule has 0 saturated carbocycles. The molecule has 0 unspecified atom stereocenters. The third-order valence-electron chi connectivity index (χ3n) is 3.77. The number of sulfonamides is 1. The summed E-state index contributed by atoms with van der Waals surface area (Å²) in [4.78, 5) is 12.2. The Bertz CT molecular complexity index is 417. The zero-order valence-corrected chi connectivity index (χ0v) is 12.1. The van der Waals surface area contributed by atoms with Gasteiger partial charge >= 0.3 is 0 Å². The van der Waals surface area contributed by atoms with Crippen LogP contribution in [-0.2, 0) is 19.6 Å². The Hall–Kier alpha value is -0.660. The number of ether oxygens (including phenoxy) is 1. The van der Waals surface area contributed by atoms with E-state index in [1.165, 1.54) is 10.6 Å². The van der Waals surface area contributed by atoms with Crippen LogP contribution in [0, 0.1) is 5.92 Å². The molecule has 2 saturated heterocycles. The summed E-state index contributed by atoms with van der Waals surface area (Å²) in [7, 11) is -3.31. The average molecular weight is 290 g/mol. The maximum Gasteiger partial charge on any atom is 0.238 e. The Morgan fingerprint density at radius 2 is 2.16 bits per heavy atom. The Morgan fingerprint density at radius 1 is 1.37 bits per heavy atom. The van der Waals surface area contributed by atoms with Crippen LogP contribution in [0.1, 0.15) is 25.7 Å². The van der Waals surface area contributed by atoms with Crippen molar-refractivity contribution in [3.05, 3.63) is 0 Å². The molecule has 2 fully saturated rings. The maximum absolute atomic E-state index is 12.2. The molecule has 1 amide bonds. The van der Waals surface area contributed by atoms with Gasteiger partial charge in [0.15, 0.2) is 0 Å². The molecule has 2 heterocycles. The first kappa shape index (κ1) is 14.7. The van der Waals surface area contributed by atoms with Gasteiger partial charge in [0.25, 0.3) is 0 Å². The number of nitrogens with one attached hydrogen (secondary N) is 1. The van der Waals surface area contributed by atoms with E-state index in [0.717, 1.165) is 25.9 Å². The second-order valence-electron chi connectivity index (χ2n) is 5.36. The molecule has 110 valence electrons. The lowest BCUT2D eigenvalue weighted by molar-refractivity contribution is -0.125. The van der Waals surface area contributed by atoms with Crippen molar-refractivity contribution in [1.29, 1.82) is 0 Å². The van der Waals surface area contributed by atoms with Crippen molar-refractivity contribution in [2.45, 2.75) is 31.7 Å². The number of carbonyl (C=O) groups excluding carboxylic acids is 1. The van der Waals surface area contributed by atoms with Crippen molar-refractivity contribution in [1.82, 2.24) is 9.62 Å². The molecule has 6 nitrogen and oxygen atoms in total. The fourth-order valence-corrected chi connectivity index (χ4v) is 3.80. The summed E-state index contributed by atoms with van der Waals surface area (Å²) in [5.74, 6) is 0.191. The Balaban J connectivity index is 1.91. The van der Waals surface area contributed by atoms with Gasteiger partial charge in [0, 0.05) is 25.6 Å². The number of carbonyl (C=O) groups is 1. The molecule has 0 spiro atoms. The molecule has 0 bridgehead atoms. The molecular weight excluding hydrogens is 268 g/mol. The van der Waals surface area contributed by atoms with Gasteiger partial charge in [-0.2, -0.15) is 4.31 Å². The van der Waals surface area contributed by atoms with Crippen LogP contribution in [0.5, 0.6) is 0 Å². The van der Waals surface area contributed by atoms with Gasteiger partial charge in [-0.15, -0.1) is 0 Å². The van der Waals surface area contributed by atoms with E-state index in [4.69, 9.17) is 4.74 Å². The highest BCUT2D eigenvalue weighted by Crippen LogP contribution is 2.20. The van der Waals surface area contributed by atoms with E-state index in [0.29, 0.717) is 32.0 Å². The predicted molar refractivity (Wildman–Crippen MR) is 71.1 cm³/mol. The zero-order chi connectivity index (χ0) is 13.9. The average Bonchev–Trinajstić information content (AvgIpc) is 2.88. The first-order valence-electron chi connectivity index (χ1n) is 6.81. The number of rotatable bonds is 4. The van der Waals surface area contributed by atoms with Gasteiger partial charge in [-0.25, -0.2) is 8.42 Å². The molecule has 0 radical (unpaired) electrons. The number of piperidine rings is 1. The molecule has 0 aromatic heterocycles. The number of hydrogen-bond donors (Lipinski definition) is 1. The van der Waals surface area contributed by atoms with Crippen molar-refractivity contribution in [2.75, 3.05) is 32.6 Å². The molecule has 2 aliphatic heterocycles. The van der Waals surface area contributed by atoms with E-state index in [1.807, 2.05) is 0 Å². The third kappa shape index (κ3) is 3.90. The minimum atomic E-state index is -3.31. The Kier molecular flexibility index (Phi) is 4.81. The molecule has 2 aliphatic rings. The minimum Gasteiger partial charge on any atom is -0.381 e. The summed E-state index contributed by atoms with van der Waals surface area (Å²) in [5.41, 5.74) is 0. The molecule has 0 aliphatic carbocycles. The van der Waals surface area contributed by atoms with E-state index >= 15 is 0 Å². The zero-order valence-electron chi connectivity index (χ0n) is 11.3. The predicted octanol–water partition coefficient (Wildman–Crippen LogP) is -0.0468. The molecule has 19 heavy (non-hydrogen) atoms. The van der Waals surface area contributed by atoms with Gasteiger partial charge in [0.1, 0.15) is 6.04 Å². The van der Waals surface area contributed by atoms with Gasteiger partial charge in [0.2, 0.25) is 15.9 Å². The number of nitrogens with zero attached hydrogens (tertiary/aromatic N) is 1. The van der Waals surface area contributed by atoms with Crippen LogP contribution < -0.4 is 5.32 Å². The molecule has 2 atom stereocenters. The SMILES string of the molecule is CS(=O)(=O)N1CCCC[C@@H]1C(=O)NC[C@H]1CCOC1. The van der Waals surface area contributed by atoms with Crippen LogP contribution >= 0.6 is 0 Å². The smallest absolute Gasteiger partial charge is 0.238 e. The van der Waals surface area contributed by atoms with Gasteiger partial charge in [0.05, 0.1) is 12.9 Å². The summed E-state index contributed by atoms with van der Waals surface area (Å²) >= 11 is 0. The summed E-state index contributed by atoms with van der Waals surface area (Å²) in [5, 5.41) is 2.87. The second kappa shape index (κ2) is 6.19. The van der Waals surface area contributed by atoms with E-state index < -0.39 is 16.1 Å². The van der Waals surface area contributed by atoms with E-state index in [9.17, 15) is 13.2 Å². The van der Waals surface area contributed by atoms with Crippen LogP contribution in [0.2, 0.25) is 0 Å². The molecule has 0 aromatic rings.